The zero-order valence-corrected chi connectivity index (χ0v) is 11.9. The monoisotopic (exact) mass is 264 g/mol. The molecule has 0 saturated heterocycles. The molecule has 2 unspecified atom stereocenters. The van der Waals surface area contributed by atoms with Crippen molar-refractivity contribution >= 4 is 16.1 Å². The molecule has 17 heavy (non-hydrogen) atoms. The number of ketones is 1. The number of Topliss-reactive ketones (excluding diaryl/α,β-unsaturated/α-hetero) is 1. The molecule has 0 spiro atoms. The Morgan fingerprint density at radius 1 is 1.41 bits per heavy atom. The van der Waals surface area contributed by atoms with E-state index in [9.17, 15) is 17.8 Å². The Balaban J connectivity index is 5.37. The van der Waals surface area contributed by atoms with E-state index >= 15 is 0 Å². The molecular weight excluding hydrogens is 242 g/mol. The fourth-order valence-electron chi connectivity index (χ4n) is 2.07. The summed E-state index contributed by atoms with van der Waals surface area (Å²) in [5, 5.41) is 0. The molecule has 2 atom stereocenters. The first-order chi connectivity index (χ1) is 7.46. The van der Waals surface area contributed by atoms with Gasteiger partial charge >= 0.3 is 10.3 Å². The van der Waals surface area contributed by atoms with E-state index in [2.05, 4.69) is 6.58 Å². The van der Waals surface area contributed by atoms with Gasteiger partial charge in [0.15, 0.2) is 5.78 Å². The number of hydrogen-bond acceptors (Lipinski definition) is 3. The summed E-state index contributed by atoms with van der Waals surface area (Å²) < 4.78 is 31.3. The Morgan fingerprint density at radius 2 is 1.82 bits per heavy atom. The number of quaternary nitrogens is 1. The van der Waals surface area contributed by atoms with Crippen LogP contribution in [0.1, 0.15) is 27.2 Å². The summed E-state index contributed by atoms with van der Waals surface area (Å²) in [6.45, 7) is 8.62. The fraction of sp³-hybridized carbons (Fsp3) is 0.727. The second-order valence-corrected chi connectivity index (χ2v) is 6.63. The Bertz CT molecular complexity index is 411. The van der Waals surface area contributed by atoms with Gasteiger partial charge in [-0.05, 0) is 25.8 Å². The van der Waals surface area contributed by atoms with Gasteiger partial charge in [0.05, 0.1) is 20.0 Å². The highest BCUT2D eigenvalue weighted by Gasteiger charge is 2.43. The molecule has 0 heterocycles. The molecule has 0 bridgehead atoms. The van der Waals surface area contributed by atoms with Gasteiger partial charge in [-0.3, -0.25) is 4.79 Å². The SMILES string of the molecule is C=C(C)C(=O)C(C)C(CC)[N+](C)(C)S(=O)(=O)O. The summed E-state index contributed by atoms with van der Waals surface area (Å²) >= 11 is 0. The summed E-state index contributed by atoms with van der Waals surface area (Å²) in [6.07, 6.45) is 0.465. The number of carbonyl (C=O) groups excluding carboxylic acids is 1. The van der Waals surface area contributed by atoms with E-state index in [1.54, 1.807) is 20.8 Å². The highest BCUT2D eigenvalue weighted by atomic mass is 32.2. The standard InChI is InChI=1S/C11H21NO4S/c1-7-10(9(4)11(13)8(2)3)12(5,6)17(14,15)16/h9-10H,2,7H2,1,3-6H3/p+1. The Kier molecular flexibility index (Phi) is 5.06. The van der Waals surface area contributed by atoms with E-state index in [1.807, 2.05) is 0 Å². The van der Waals surface area contributed by atoms with Crippen molar-refractivity contribution < 1.29 is 21.7 Å². The van der Waals surface area contributed by atoms with Crippen LogP contribution < -0.4 is 0 Å². The average molecular weight is 264 g/mol. The minimum atomic E-state index is -4.26. The van der Waals surface area contributed by atoms with Crippen molar-refractivity contribution in [2.24, 2.45) is 5.92 Å². The van der Waals surface area contributed by atoms with Crippen LogP contribution in [0, 0.1) is 5.92 Å². The highest BCUT2D eigenvalue weighted by Crippen LogP contribution is 2.25. The molecule has 5 nitrogen and oxygen atoms in total. The van der Waals surface area contributed by atoms with Crippen molar-refractivity contribution in [2.75, 3.05) is 14.1 Å². The molecule has 0 amide bonds. The molecule has 0 aliphatic rings. The molecule has 0 aliphatic heterocycles. The molecule has 0 aromatic carbocycles. The maximum atomic E-state index is 11.8. The maximum absolute atomic E-state index is 11.8. The lowest BCUT2D eigenvalue weighted by Gasteiger charge is -2.36. The number of allylic oxidation sites excluding steroid dienone is 1. The van der Waals surface area contributed by atoms with Crippen LogP contribution in [0.15, 0.2) is 12.2 Å². The van der Waals surface area contributed by atoms with E-state index in [0.717, 1.165) is 0 Å². The normalized spacial score (nSPS) is 16.4. The minimum Gasteiger partial charge on any atom is -0.294 e. The summed E-state index contributed by atoms with van der Waals surface area (Å²) in [7, 11) is -1.50. The van der Waals surface area contributed by atoms with Crippen LogP contribution in [0.5, 0.6) is 0 Å². The zero-order chi connectivity index (χ0) is 14.0. The predicted molar refractivity (Wildman–Crippen MR) is 66.7 cm³/mol. The molecule has 0 aliphatic carbocycles. The summed E-state index contributed by atoms with van der Waals surface area (Å²) in [5.74, 6) is -0.680. The fourth-order valence-corrected chi connectivity index (χ4v) is 2.74. The molecule has 0 aromatic rings. The van der Waals surface area contributed by atoms with Gasteiger partial charge in [0, 0.05) is 0 Å². The maximum Gasteiger partial charge on any atom is 0.432 e. The van der Waals surface area contributed by atoms with E-state index < -0.39 is 26.2 Å². The molecule has 0 aromatic heterocycles. The van der Waals surface area contributed by atoms with Crippen molar-refractivity contribution in [3.05, 3.63) is 12.2 Å². The molecule has 0 saturated carbocycles. The number of hydrogen-bond donors (Lipinski definition) is 1. The van der Waals surface area contributed by atoms with E-state index in [1.165, 1.54) is 14.1 Å². The third kappa shape index (κ3) is 3.37. The van der Waals surface area contributed by atoms with E-state index in [-0.39, 0.29) is 5.78 Å². The quantitative estimate of drug-likeness (QED) is 0.447. The minimum absolute atomic E-state index is 0.174. The van der Waals surface area contributed by atoms with Crippen LogP contribution in [0.3, 0.4) is 0 Å². The third-order valence-corrected chi connectivity index (χ3v) is 4.68. The second-order valence-electron chi connectivity index (χ2n) is 4.79. The molecule has 0 fully saturated rings. The molecule has 6 heteroatoms. The highest BCUT2D eigenvalue weighted by molar-refractivity contribution is 7.80. The predicted octanol–water partition coefficient (Wildman–Crippen LogP) is 1.43. The van der Waals surface area contributed by atoms with E-state index in [4.69, 9.17) is 0 Å². The van der Waals surface area contributed by atoms with Crippen molar-refractivity contribution in [3.8, 4) is 0 Å². The lowest BCUT2D eigenvalue weighted by molar-refractivity contribution is -0.799. The van der Waals surface area contributed by atoms with Crippen molar-refractivity contribution in [1.29, 1.82) is 0 Å². The Morgan fingerprint density at radius 3 is 2.06 bits per heavy atom. The topological polar surface area (TPSA) is 71.4 Å². The Hall–Kier alpha value is -0.720. The molecule has 100 valence electrons. The lowest BCUT2D eigenvalue weighted by atomic mass is 9.91. The van der Waals surface area contributed by atoms with Gasteiger partial charge in [0.1, 0.15) is 6.04 Å². The smallest absolute Gasteiger partial charge is 0.294 e. The summed E-state index contributed by atoms with van der Waals surface area (Å²) in [6, 6.07) is -0.505. The number of rotatable bonds is 6. The average Bonchev–Trinajstić information content (AvgIpc) is 2.15. The van der Waals surface area contributed by atoms with Crippen LogP contribution >= 0.6 is 0 Å². The van der Waals surface area contributed by atoms with Gasteiger partial charge in [0.2, 0.25) is 0 Å². The lowest BCUT2D eigenvalue weighted by Crippen LogP contribution is -2.56. The second kappa shape index (κ2) is 5.29. The van der Waals surface area contributed by atoms with Crippen LogP contribution in [0.25, 0.3) is 0 Å². The number of nitrogens with zero attached hydrogens (tertiary/aromatic N) is 1. The van der Waals surface area contributed by atoms with Crippen molar-refractivity contribution in [2.45, 2.75) is 33.2 Å². The first-order valence-corrected chi connectivity index (χ1v) is 6.87. The van der Waals surface area contributed by atoms with Gasteiger partial charge in [-0.25, -0.2) is 4.55 Å². The largest absolute Gasteiger partial charge is 0.432 e. The van der Waals surface area contributed by atoms with Gasteiger partial charge < -0.3 is 0 Å². The van der Waals surface area contributed by atoms with Crippen LogP contribution in [0.2, 0.25) is 0 Å². The summed E-state index contributed by atoms with van der Waals surface area (Å²) in [4.78, 5) is 11.8. The molecular formula is C11H22NO4S+. The van der Waals surface area contributed by atoms with Gasteiger partial charge in [0.25, 0.3) is 0 Å². The Labute approximate surface area is 104 Å². The first kappa shape index (κ1) is 16.3. The van der Waals surface area contributed by atoms with Crippen molar-refractivity contribution in [3.63, 3.8) is 0 Å². The number of carbonyl (C=O) groups is 1. The molecule has 0 radical (unpaired) electrons. The van der Waals surface area contributed by atoms with Gasteiger partial charge in [-0.1, -0.05) is 13.5 Å². The summed E-state index contributed by atoms with van der Waals surface area (Å²) in [5.41, 5.74) is 0.395. The molecule has 0 rings (SSSR count). The van der Waals surface area contributed by atoms with Crippen LogP contribution in [-0.2, 0) is 15.1 Å². The van der Waals surface area contributed by atoms with Crippen LogP contribution in [-0.4, -0.2) is 42.8 Å². The van der Waals surface area contributed by atoms with Crippen molar-refractivity contribution in [1.82, 2.24) is 0 Å². The zero-order valence-electron chi connectivity index (χ0n) is 11.1. The van der Waals surface area contributed by atoms with Gasteiger partial charge in [-0.2, -0.15) is 3.89 Å². The van der Waals surface area contributed by atoms with Crippen LogP contribution in [0.4, 0.5) is 0 Å². The van der Waals surface area contributed by atoms with E-state index in [0.29, 0.717) is 12.0 Å². The first-order valence-electron chi connectivity index (χ1n) is 5.47. The third-order valence-electron chi connectivity index (χ3n) is 3.22. The van der Waals surface area contributed by atoms with Gasteiger partial charge in [-0.15, -0.1) is 8.42 Å². The molecule has 1 N–H and O–H groups in total.